The molecule has 1 aromatic carbocycles. The molecule has 0 saturated carbocycles. The van der Waals surface area contributed by atoms with Gasteiger partial charge < -0.3 is 20.1 Å². The van der Waals surface area contributed by atoms with Gasteiger partial charge in [0.1, 0.15) is 0 Å². The largest absolute Gasteiger partial charge is 0.379 e. The number of nitrogens with zero attached hydrogens (tertiary/aromatic N) is 1. The molecule has 1 aliphatic heterocycles. The smallest absolute Gasteiger partial charge is 0.190 e. The number of benzene rings is 1. The highest BCUT2D eigenvalue weighted by Gasteiger charge is 2.14. The lowest BCUT2D eigenvalue weighted by Crippen LogP contribution is -2.39. The molecule has 1 unspecified atom stereocenters. The molecule has 5 nitrogen and oxygen atoms in total. The van der Waals surface area contributed by atoms with Gasteiger partial charge >= 0.3 is 0 Å². The summed E-state index contributed by atoms with van der Waals surface area (Å²) >= 11 is 0. The molecule has 1 atom stereocenters. The lowest BCUT2D eigenvalue weighted by molar-refractivity contribution is 0.0168. The van der Waals surface area contributed by atoms with Crippen molar-refractivity contribution < 1.29 is 9.47 Å². The van der Waals surface area contributed by atoms with E-state index in [9.17, 15) is 0 Å². The van der Waals surface area contributed by atoms with Crippen LogP contribution in [0.3, 0.4) is 0 Å². The van der Waals surface area contributed by atoms with Crippen molar-refractivity contribution in [2.45, 2.75) is 45.1 Å². The van der Waals surface area contributed by atoms with E-state index in [-0.39, 0.29) is 24.0 Å². The van der Waals surface area contributed by atoms with Crippen LogP contribution in [-0.2, 0) is 22.3 Å². The Balaban J connectivity index is 0.00000338. The molecule has 6 heteroatoms. The minimum absolute atomic E-state index is 0. The summed E-state index contributed by atoms with van der Waals surface area (Å²) in [4.78, 5) is 4.26. The third kappa shape index (κ3) is 9.19. The normalized spacial score (nSPS) is 17.0. The molecular formula is C20H34IN3O2. The maximum atomic E-state index is 5.67. The summed E-state index contributed by atoms with van der Waals surface area (Å²) in [6.07, 6.45) is 5.66. The van der Waals surface area contributed by atoms with Crippen LogP contribution in [0.4, 0.5) is 0 Å². The van der Waals surface area contributed by atoms with Gasteiger partial charge in [0.05, 0.1) is 12.7 Å². The van der Waals surface area contributed by atoms with Crippen molar-refractivity contribution in [1.82, 2.24) is 10.6 Å². The van der Waals surface area contributed by atoms with E-state index in [0.29, 0.717) is 6.10 Å². The fourth-order valence-corrected chi connectivity index (χ4v) is 2.86. The van der Waals surface area contributed by atoms with E-state index in [4.69, 9.17) is 9.47 Å². The van der Waals surface area contributed by atoms with Gasteiger partial charge in [0.2, 0.25) is 0 Å². The molecule has 148 valence electrons. The van der Waals surface area contributed by atoms with E-state index in [1.54, 1.807) is 7.05 Å². The summed E-state index contributed by atoms with van der Waals surface area (Å²) in [5.41, 5.74) is 2.73. The highest BCUT2D eigenvalue weighted by molar-refractivity contribution is 14.0. The second kappa shape index (κ2) is 14.2. The summed E-state index contributed by atoms with van der Waals surface area (Å²) in [5.74, 6) is 0.851. The number of nitrogens with one attached hydrogen (secondary N) is 2. The highest BCUT2D eigenvalue weighted by Crippen LogP contribution is 2.11. The van der Waals surface area contributed by atoms with Crippen LogP contribution in [0.15, 0.2) is 29.3 Å². The zero-order valence-electron chi connectivity index (χ0n) is 16.1. The minimum atomic E-state index is 0. The van der Waals surface area contributed by atoms with Crippen LogP contribution >= 0.6 is 24.0 Å². The van der Waals surface area contributed by atoms with Gasteiger partial charge in [0.25, 0.3) is 0 Å². The molecule has 0 aromatic heterocycles. The number of rotatable bonds is 10. The first-order valence-corrected chi connectivity index (χ1v) is 9.53. The quantitative estimate of drug-likeness (QED) is 0.236. The third-order valence-electron chi connectivity index (χ3n) is 4.45. The second-order valence-electron chi connectivity index (χ2n) is 6.41. The van der Waals surface area contributed by atoms with E-state index in [2.05, 4.69) is 46.8 Å². The summed E-state index contributed by atoms with van der Waals surface area (Å²) in [6, 6.07) is 8.84. The Morgan fingerprint density at radius 1 is 1.19 bits per heavy atom. The van der Waals surface area contributed by atoms with Crippen LogP contribution in [0.5, 0.6) is 0 Å². The maximum Gasteiger partial charge on any atom is 0.190 e. The van der Waals surface area contributed by atoms with Crippen molar-refractivity contribution in [3.8, 4) is 0 Å². The predicted molar refractivity (Wildman–Crippen MR) is 119 cm³/mol. The number of guanidine groups is 1. The van der Waals surface area contributed by atoms with Crippen molar-refractivity contribution in [3.05, 3.63) is 35.4 Å². The zero-order chi connectivity index (χ0) is 17.7. The minimum Gasteiger partial charge on any atom is -0.379 e. The first-order chi connectivity index (χ1) is 12.3. The van der Waals surface area contributed by atoms with Gasteiger partial charge in [0, 0.05) is 33.4 Å². The lowest BCUT2D eigenvalue weighted by atomic mass is 10.1. The Labute approximate surface area is 175 Å². The molecule has 1 aliphatic rings. The molecule has 1 saturated heterocycles. The predicted octanol–water partition coefficient (Wildman–Crippen LogP) is 3.16. The number of hydrogen-bond acceptors (Lipinski definition) is 3. The van der Waals surface area contributed by atoms with Gasteiger partial charge in [-0.05, 0) is 43.2 Å². The fraction of sp³-hybridized carbons (Fsp3) is 0.650. The maximum absolute atomic E-state index is 5.67. The summed E-state index contributed by atoms with van der Waals surface area (Å²) in [5, 5.41) is 6.69. The topological polar surface area (TPSA) is 54.9 Å². The summed E-state index contributed by atoms with van der Waals surface area (Å²) in [7, 11) is 1.80. The second-order valence-corrected chi connectivity index (χ2v) is 6.41. The van der Waals surface area contributed by atoms with Crippen molar-refractivity contribution >= 4 is 29.9 Å². The molecule has 2 N–H and O–H groups in total. The molecule has 0 amide bonds. The van der Waals surface area contributed by atoms with E-state index >= 15 is 0 Å². The average Bonchev–Trinajstić information content (AvgIpc) is 3.17. The Kier molecular flexibility index (Phi) is 12.7. The Bertz CT molecular complexity index is 502. The van der Waals surface area contributed by atoms with Crippen molar-refractivity contribution in [2.24, 2.45) is 4.99 Å². The standard InChI is InChI=1S/C20H33N3O2.HI/c1-3-17-7-9-18(10-8-17)11-13-23-20(21-2)22-12-5-14-24-16-19-6-4-15-25-19;/h7-10,19H,3-6,11-16H2,1-2H3,(H2,21,22,23);1H. The number of halogens is 1. The highest BCUT2D eigenvalue weighted by atomic mass is 127. The Morgan fingerprint density at radius 2 is 1.92 bits per heavy atom. The van der Waals surface area contributed by atoms with Gasteiger partial charge in [-0.15, -0.1) is 24.0 Å². The van der Waals surface area contributed by atoms with Crippen LogP contribution in [-0.4, -0.2) is 52.0 Å². The van der Waals surface area contributed by atoms with Crippen LogP contribution in [0.2, 0.25) is 0 Å². The molecule has 1 fully saturated rings. The first kappa shape index (κ1) is 23.2. The van der Waals surface area contributed by atoms with Gasteiger partial charge in [-0.1, -0.05) is 31.2 Å². The molecule has 26 heavy (non-hydrogen) atoms. The summed E-state index contributed by atoms with van der Waals surface area (Å²) < 4.78 is 11.2. The SMILES string of the molecule is CCc1ccc(CCNC(=NC)NCCCOCC2CCCO2)cc1.I. The first-order valence-electron chi connectivity index (χ1n) is 9.53. The van der Waals surface area contributed by atoms with Crippen LogP contribution in [0.1, 0.15) is 37.3 Å². The van der Waals surface area contributed by atoms with Gasteiger partial charge in [-0.3, -0.25) is 4.99 Å². The van der Waals surface area contributed by atoms with E-state index in [1.807, 2.05) is 0 Å². The molecule has 0 bridgehead atoms. The van der Waals surface area contributed by atoms with Crippen molar-refractivity contribution in [1.29, 1.82) is 0 Å². The number of hydrogen-bond donors (Lipinski definition) is 2. The molecule has 1 heterocycles. The van der Waals surface area contributed by atoms with Crippen LogP contribution in [0, 0.1) is 0 Å². The third-order valence-corrected chi connectivity index (χ3v) is 4.45. The molecule has 2 rings (SSSR count). The van der Waals surface area contributed by atoms with Gasteiger partial charge in [-0.2, -0.15) is 0 Å². The zero-order valence-corrected chi connectivity index (χ0v) is 18.5. The lowest BCUT2D eigenvalue weighted by Gasteiger charge is -2.13. The van der Waals surface area contributed by atoms with Gasteiger partial charge in [-0.25, -0.2) is 0 Å². The van der Waals surface area contributed by atoms with E-state index < -0.39 is 0 Å². The molecule has 0 radical (unpaired) electrons. The Hall–Kier alpha value is -0.860. The molecule has 1 aromatic rings. The Morgan fingerprint density at radius 3 is 2.58 bits per heavy atom. The number of aryl methyl sites for hydroxylation is 1. The van der Waals surface area contributed by atoms with Crippen LogP contribution < -0.4 is 10.6 Å². The number of ether oxygens (including phenoxy) is 2. The monoisotopic (exact) mass is 475 g/mol. The van der Waals surface area contributed by atoms with E-state index in [0.717, 1.165) is 64.6 Å². The van der Waals surface area contributed by atoms with E-state index in [1.165, 1.54) is 17.5 Å². The number of aliphatic imine (C=N–C) groups is 1. The van der Waals surface area contributed by atoms with Crippen molar-refractivity contribution in [3.63, 3.8) is 0 Å². The fourth-order valence-electron chi connectivity index (χ4n) is 2.86. The van der Waals surface area contributed by atoms with Crippen LogP contribution in [0.25, 0.3) is 0 Å². The molecule has 0 aliphatic carbocycles. The molecular weight excluding hydrogens is 441 g/mol. The average molecular weight is 475 g/mol. The van der Waals surface area contributed by atoms with Crippen molar-refractivity contribution in [2.75, 3.05) is 40.0 Å². The molecule has 0 spiro atoms. The van der Waals surface area contributed by atoms with Gasteiger partial charge in [0.15, 0.2) is 5.96 Å². The summed E-state index contributed by atoms with van der Waals surface area (Å²) in [6.45, 7) is 6.29.